The summed E-state index contributed by atoms with van der Waals surface area (Å²) in [4.78, 5) is 0. The van der Waals surface area contributed by atoms with Crippen molar-refractivity contribution in [2.24, 2.45) is 0 Å². The van der Waals surface area contributed by atoms with Crippen molar-refractivity contribution in [2.45, 2.75) is 13.2 Å². The van der Waals surface area contributed by atoms with Crippen LogP contribution in [0.2, 0.25) is 0 Å². The third-order valence-electron chi connectivity index (χ3n) is 3.58. The Bertz CT molecular complexity index is 633. The number of ether oxygens (including phenoxy) is 4. The Morgan fingerprint density at radius 3 is 2.54 bits per heavy atom. The number of methoxy groups -OCH3 is 1. The van der Waals surface area contributed by atoms with Gasteiger partial charge in [-0.05, 0) is 35.4 Å². The van der Waals surface area contributed by atoms with Gasteiger partial charge in [-0.15, -0.1) is 0 Å². The van der Waals surface area contributed by atoms with E-state index in [0.717, 1.165) is 42.5 Å². The van der Waals surface area contributed by atoms with Gasteiger partial charge in [0.05, 0.1) is 6.61 Å². The van der Waals surface area contributed by atoms with E-state index in [2.05, 4.69) is 17.4 Å². The molecule has 3 rings (SSSR count). The van der Waals surface area contributed by atoms with Crippen LogP contribution in [0.25, 0.3) is 0 Å². The van der Waals surface area contributed by atoms with Gasteiger partial charge in [-0.3, -0.25) is 0 Å². The molecule has 1 N–H and O–H groups in total. The van der Waals surface area contributed by atoms with Gasteiger partial charge in [-0.2, -0.15) is 0 Å². The number of halogens is 1. The van der Waals surface area contributed by atoms with Crippen LogP contribution in [0.3, 0.4) is 0 Å². The van der Waals surface area contributed by atoms with Crippen molar-refractivity contribution in [3.05, 3.63) is 53.6 Å². The van der Waals surface area contributed by atoms with Crippen LogP contribution in [-0.2, 0) is 17.9 Å². The van der Waals surface area contributed by atoms with Crippen molar-refractivity contribution in [3.8, 4) is 17.2 Å². The monoisotopic (exact) mass is 350 g/mol. The van der Waals surface area contributed by atoms with Gasteiger partial charge in [0, 0.05) is 20.2 Å². The molecule has 1 aliphatic rings. The van der Waals surface area contributed by atoms with E-state index in [1.165, 1.54) is 5.56 Å². The van der Waals surface area contributed by atoms with E-state index in [9.17, 15) is 0 Å². The van der Waals surface area contributed by atoms with Crippen LogP contribution in [0.4, 0.5) is 0 Å². The average Bonchev–Trinajstić information content (AvgIpc) is 3.06. The summed E-state index contributed by atoms with van der Waals surface area (Å²) in [6, 6.07) is 14.0. The normalized spacial score (nSPS) is 11.9. The Balaban J connectivity index is 0.00000208. The van der Waals surface area contributed by atoms with Gasteiger partial charge in [-0.25, -0.2) is 0 Å². The molecule has 0 unspecified atom stereocenters. The maximum Gasteiger partial charge on any atom is 0.231 e. The summed E-state index contributed by atoms with van der Waals surface area (Å²) < 4.78 is 21.5. The van der Waals surface area contributed by atoms with Gasteiger partial charge >= 0.3 is 0 Å². The van der Waals surface area contributed by atoms with Crippen molar-refractivity contribution in [1.82, 2.24) is 5.32 Å². The zero-order valence-corrected chi connectivity index (χ0v) is 14.3. The molecular weight excluding hydrogens is 330 g/mol. The number of fused-ring (bicyclic) bond motifs is 1. The first-order chi connectivity index (χ1) is 11.3. The predicted molar refractivity (Wildman–Crippen MR) is 86.9 cm³/mol. The van der Waals surface area contributed by atoms with Crippen LogP contribution in [-0.4, -0.2) is 27.1 Å². The summed E-state index contributed by atoms with van der Waals surface area (Å²) in [5.41, 5.74) is 2.27. The van der Waals surface area contributed by atoms with E-state index in [4.69, 9.17) is 18.9 Å². The van der Waals surface area contributed by atoms with Gasteiger partial charge in [0.1, 0.15) is 12.4 Å². The molecule has 0 radical (unpaired) electrons. The molecule has 2 aromatic rings. The maximum absolute atomic E-state index is 5.81. The minimum absolute atomic E-state index is 0. The Kier molecular flexibility index (Phi) is 7.18. The number of rotatable bonds is 8. The van der Waals surface area contributed by atoms with E-state index in [1.807, 2.05) is 30.3 Å². The van der Waals surface area contributed by atoms with Crippen molar-refractivity contribution >= 4 is 0 Å². The van der Waals surface area contributed by atoms with Crippen molar-refractivity contribution in [3.63, 3.8) is 0 Å². The standard InChI is InChI=1S/C18H21NO4.ClH/c1-20-9-8-19-11-14-2-5-16(6-3-14)21-12-15-4-7-17-18(10-15)23-13-22-17;/h2-7,10,19H,8-9,11-13H2,1H3;1H/p-1. The Hall–Kier alpha value is -1.95. The highest BCUT2D eigenvalue weighted by Gasteiger charge is 2.13. The molecule has 0 aromatic heterocycles. The van der Waals surface area contributed by atoms with E-state index >= 15 is 0 Å². The number of hydrogen-bond donors (Lipinski definition) is 1. The summed E-state index contributed by atoms with van der Waals surface area (Å²) >= 11 is 0. The van der Waals surface area contributed by atoms with Gasteiger partial charge in [-0.1, -0.05) is 18.2 Å². The molecule has 1 aliphatic heterocycles. The van der Waals surface area contributed by atoms with E-state index in [0.29, 0.717) is 13.4 Å². The molecule has 6 heteroatoms. The van der Waals surface area contributed by atoms with Crippen molar-refractivity contribution < 1.29 is 31.4 Å². The lowest BCUT2D eigenvalue weighted by atomic mass is 10.2. The quantitative estimate of drug-likeness (QED) is 0.664. The highest BCUT2D eigenvalue weighted by molar-refractivity contribution is 5.44. The summed E-state index contributed by atoms with van der Waals surface area (Å²) in [5.74, 6) is 2.42. The molecular formula is C18H21ClNO4-. The fourth-order valence-electron chi connectivity index (χ4n) is 2.31. The Labute approximate surface area is 148 Å². The first kappa shape index (κ1) is 18.4. The lowest BCUT2D eigenvalue weighted by Gasteiger charge is -2.08. The number of benzene rings is 2. The molecule has 5 nitrogen and oxygen atoms in total. The highest BCUT2D eigenvalue weighted by Crippen LogP contribution is 2.32. The summed E-state index contributed by atoms with van der Waals surface area (Å²) in [7, 11) is 1.70. The molecule has 0 spiro atoms. The molecule has 1 heterocycles. The summed E-state index contributed by atoms with van der Waals surface area (Å²) in [6.07, 6.45) is 0. The molecule has 2 aromatic carbocycles. The molecule has 0 atom stereocenters. The average molecular weight is 351 g/mol. The molecule has 0 aliphatic carbocycles. The largest absolute Gasteiger partial charge is 1.00 e. The second-order valence-corrected chi connectivity index (χ2v) is 5.29. The molecule has 0 bridgehead atoms. The van der Waals surface area contributed by atoms with Gasteiger partial charge in [0.25, 0.3) is 0 Å². The molecule has 130 valence electrons. The minimum Gasteiger partial charge on any atom is -1.00 e. The van der Waals surface area contributed by atoms with Gasteiger partial charge < -0.3 is 36.7 Å². The Morgan fingerprint density at radius 1 is 1.00 bits per heavy atom. The van der Waals surface area contributed by atoms with Crippen LogP contribution >= 0.6 is 0 Å². The van der Waals surface area contributed by atoms with E-state index in [1.54, 1.807) is 7.11 Å². The SMILES string of the molecule is COCCNCc1ccc(OCc2ccc3c(c2)OCO3)cc1.[Cl-]. The topological polar surface area (TPSA) is 49.0 Å². The van der Waals surface area contributed by atoms with Crippen LogP contribution in [0.5, 0.6) is 17.2 Å². The second-order valence-electron chi connectivity index (χ2n) is 5.29. The Morgan fingerprint density at radius 2 is 1.75 bits per heavy atom. The zero-order chi connectivity index (χ0) is 15.9. The third-order valence-corrected chi connectivity index (χ3v) is 3.58. The second kappa shape index (κ2) is 9.37. The van der Waals surface area contributed by atoms with Crippen molar-refractivity contribution in [1.29, 1.82) is 0 Å². The maximum atomic E-state index is 5.81. The number of hydrogen-bond acceptors (Lipinski definition) is 5. The molecule has 0 saturated carbocycles. The van der Waals surface area contributed by atoms with Crippen LogP contribution in [0.15, 0.2) is 42.5 Å². The molecule has 0 amide bonds. The fraction of sp³-hybridized carbons (Fsp3) is 0.333. The lowest BCUT2D eigenvalue weighted by Crippen LogP contribution is -3.00. The molecule has 24 heavy (non-hydrogen) atoms. The van der Waals surface area contributed by atoms with Crippen molar-refractivity contribution in [2.75, 3.05) is 27.1 Å². The fourth-order valence-corrected chi connectivity index (χ4v) is 2.31. The molecule has 0 saturated heterocycles. The third kappa shape index (κ3) is 5.03. The van der Waals surface area contributed by atoms with E-state index < -0.39 is 0 Å². The van der Waals surface area contributed by atoms with Crippen LogP contribution < -0.4 is 31.9 Å². The summed E-state index contributed by atoms with van der Waals surface area (Å²) in [5, 5.41) is 3.31. The van der Waals surface area contributed by atoms with Gasteiger partial charge in [0.2, 0.25) is 6.79 Å². The smallest absolute Gasteiger partial charge is 0.231 e. The first-order valence-corrected chi connectivity index (χ1v) is 7.65. The van der Waals surface area contributed by atoms with Gasteiger partial charge in [0.15, 0.2) is 11.5 Å². The minimum atomic E-state index is 0. The lowest BCUT2D eigenvalue weighted by molar-refractivity contribution is -0.00000693. The number of nitrogens with one attached hydrogen (secondary N) is 1. The van der Waals surface area contributed by atoms with Crippen LogP contribution in [0.1, 0.15) is 11.1 Å². The summed E-state index contributed by atoms with van der Waals surface area (Å²) in [6.45, 7) is 3.18. The molecule has 0 fully saturated rings. The zero-order valence-electron chi connectivity index (χ0n) is 13.6. The first-order valence-electron chi connectivity index (χ1n) is 7.65. The predicted octanol–water partition coefficient (Wildman–Crippen LogP) is -0.266. The highest BCUT2D eigenvalue weighted by atomic mass is 35.5. The van der Waals surface area contributed by atoms with E-state index in [-0.39, 0.29) is 12.4 Å². The van der Waals surface area contributed by atoms with Crippen LogP contribution in [0, 0.1) is 0 Å².